The number of hydrogen-bond donors (Lipinski definition) is 1. The second kappa shape index (κ2) is 6.52. The third-order valence-electron chi connectivity index (χ3n) is 2.90. The largest absolute Gasteiger partial charge is 0.378 e. The molecule has 0 amide bonds. The molecule has 2 aromatic rings. The van der Waals surface area contributed by atoms with E-state index in [9.17, 15) is 8.78 Å². The summed E-state index contributed by atoms with van der Waals surface area (Å²) in [6.45, 7) is 4.94. The molecule has 0 bridgehead atoms. The van der Waals surface area contributed by atoms with Crippen molar-refractivity contribution in [1.82, 2.24) is 9.78 Å². The first-order chi connectivity index (χ1) is 8.63. The minimum absolute atomic E-state index is 0. The highest BCUT2D eigenvalue weighted by molar-refractivity contribution is 5.85. The fraction of sp³-hybridized carbons (Fsp3) is 0.308. The highest BCUT2D eigenvalue weighted by Crippen LogP contribution is 2.17. The molecule has 0 saturated carbocycles. The summed E-state index contributed by atoms with van der Waals surface area (Å²) in [4.78, 5) is 0. The van der Waals surface area contributed by atoms with Gasteiger partial charge in [-0.1, -0.05) is 12.1 Å². The first-order valence-corrected chi connectivity index (χ1v) is 5.82. The SMILES string of the molecule is CCn1ncc(NCc2cccc(F)c2F)c1C.Cl. The van der Waals surface area contributed by atoms with Crippen LogP contribution in [0.15, 0.2) is 24.4 Å². The first kappa shape index (κ1) is 15.4. The highest BCUT2D eigenvalue weighted by Gasteiger charge is 2.09. The van der Waals surface area contributed by atoms with E-state index in [4.69, 9.17) is 0 Å². The Morgan fingerprint density at radius 2 is 2.05 bits per heavy atom. The van der Waals surface area contributed by atoms with Gasteiger partial charge >= 0.3 is 0 Å². The third-order valence-corrected chi connectivity index (χ3v) is 2.90. The van der Waals surface area contributed by atoms with Crippen molar-refractivity contribution in [3.8, 4) is 0 Å². The Balaban J connectivity index is 0.00000180. The molecule has 2 rings (SSSR count). The fourth-order valence-corrected chi connectivity index (χ4v) is 1.81. The van der Waals surface area contributed by atoms with Gasteiger partial charge in [-0.05, 0) is 19.9 Å². The second-order valence-electron chi connectivity index (χ2n) is 4.03. The van der Waals surface area contributed by atoms with E-state index in [1.807, 2.05) is 18.5 Å². The molecule has 1 heterocycles. The van der Waals surface area contributed by atoms with Gasteiger partial charge in [-0.3, -0.25) is 4.68 Å². The van der Waals surface area contributed by atoms with Crippen molar-refractivity contribution < 1.29 is 8.78 Å². The van der Waals surface area contributed by atoms with Crippen LogP contribution in [0.25, 0.3) is 0 Å². The van der Waals surface area contributed by atoms with Crippen LogP contribution in [-0.2, 0) is 13.1 Å². The van der Waals surface area contributed by atoms with Crippen molar-refractivity contribution in [3.05, 3.63) is 47.3 Å². The molecule has 1 aromatic heterocycles. The van der Waals surface area contributed by atoms with Crippen LogP contribution < -0.4 is 5.32 Å². The maximum Gasteiger partial charge on any atom is 0.163 e. The Bertz CT molecular complexity index is 555. The maximum absolute atomic E-state index is 13.4. The molecule has 0 atom stereocenters. The molecule has 0 aliphatic heterocycles. The van der Waals surface area contributed by atoms with E-state index in [0.29, 0.717) is 5.56 Å². The number of benzene rings is 1. The average molecular weight is 288 g/mol. The molecule has 0 radical (unpaired) electrons. The third kappa shape index (κ3) is 3.23. The molecular formula is C13H16ClF2N3. The van der Waals surface area contributed by atoms with Gasteiger partial charge in [0.1, 0.15) is 0 Å². The lowest BCUT2D eigenvalue weighted by Gasteiger charge is -2.07. The quantitative estimate of drug-likeness (QED) is 0.932. The van der Waals surface area contributed by atoms with E-state index in [1.165, 1.54) is 6.07 Å². The summed E-state index contributed by atoms with van der Waals surface area (Å²) in [6.07, 6.45) is 1.69. The number of aryl methyl sites for hydroxylation is 1. The van der Waals surface area contributed by atoms with Crippen LogP contribution in [0.5, 0.6) is 0 Å². The number of nitrogens with zero attached hydrogens (tertiary/aromatic N) is 2. The minimum Gasteiger partial charge on any atom is -0.378 e. The van der Waals surface area contributed by atoms with Crippen LogP contribution in [-0.4, -0.2) is 9.78 Å². The van der Waals surface area contributed by atoms with Crippen LogP contribution in [0.2, 0.25) is 0 Å². The normalized spacial score (nSPS) is 10.1. The summed E-state index contributed by atoms with van der Waals surface area (Å²) in [7, 11) is 0. The standard InChI is InChI=1S/C13H15F2N3.ClH/c1-3-18-9(2)12(8-17-18)16-7-10-5-4-6-11(14)13(10)15;/h4-6,8,16H,3,7H2,1-2H3;1H. The van der Waals surface area contributed by atoms with Gasteiger partial charge in [-0.2, -0.15) is 5.10 Å². The number of nitrogens with one attached hydrogen (secondary N) is 1. The van der Waals surface area contributed by atoms with E-state index in [0.717, 1.165) is 24.0 Å². The lowest BCUT2D eigenvalue weighted by atomic mass is 10.2. The molecule has 1 N–H and O–H groups in total. The highest BCUT2D eigenvalue weighted by atomic mass is 35.5. The molecule has 0 spiro atoms. The molecule has 3 nitrogen and oxygen atoms in total. The Hall–Kier alpha value is -1.62. The monoisotopic (exact) mass is 287 g/mol. The van der Waals surface area contributed by atoms with Gasteiger partial charge < -0.3 is 5.32 Å². The summed E-state index contributed by atoms with van der Waals surface area (Å²) in [5, 5.41) is 7.23. The van der Waals surface area contributed by atoms with Gasteiger partial charge in [-0.25, -0.2) is 8.78 Å². The lowest BCUT2D eigenvalue weighted by molar-refractivity contribution is 0.500. The van der Waals surface area contributed by atoms with Crippen LogP contribution in [0.1, 0.15) is 18.2 Å². The summed E-state index contributed by atoms with van der Waals surface area (Å²) < 4.78 is 28.3. The van der Waals surface area contributed by atoms with Gasteiger partial charge in [0.2, 0.25) is 0 Å². The second-order valence-corrected chi connectivity index (χ2v) is 4.03. The number of rotatable bonds is 4. The van der Waals surface area contributed by atoms with Crippen molar-refractivity contribution in [2.24, 2.45) is 0 Å². The predicted molar refractivity (Wildman–Crippen MR) is 73.6 cm³/mol. The predicted octanol–water partition coefficient (Wildman–Crippen LogP) is 3.52. The molecule has 0 aliphatic carbocycles. The van der Waals surface area contributed by atoms with Crippen molar-refractivity contribution >= 4 is 18.1 Å². The number of halogens is 3. The average Bonchev–Trinajstić information content (AvgIpc) is 2.72. The fourth-order valence-electron chi connectivity index (χ4n) is 1.81. The molecule has 6 heteroatoms. The zero-order valence-electron chi connectivity index (χ0n) is 10.8. The molecular weight excluding hydrogens is 272 g/mol. The molecule has 0 unspecified atom stereocenters. The molecule has 19 heavy (non-hydrogen) atoms. The summed E-state index contributed by atoms with van der Waals surface area (Å²) in [6, 6.07) is 4.17. The lowest BCUT2D eigenvalue weighted by Crippen LogP contribution is -2.05. The van der Waals surface area contributed by atoms with E-state index in [-0.39, 0.29) is 19.0 Å². The van der Waals surface area contributed by atoms with Crippen LogP contribution in [0.3, 0.4) is 0 Å². The molecule has 0 fully saturated rings. The van der Waals surface area contributed by atoms with Crippen LogP contribution in [0, 0.1) is 18.6 Å². The zero-order chi connectivity index (χ0) is 13.1. The van der Waals surface area contributed by atoms with E-state index in [2.05, 4.69) is 10.4 Å². The van der Waals surface area contributed by atoms with Gasteiger partial charge in [0.15, 0.2) is 11.6 Å². The minimum atomic E-state index is -0.824. The van der Waals surface area contributed by atoms with Gasteiger partial charge in [-0.15, -0.1) is 12.4 Å². The van der Waals surface area contributed by atoms with Gasteiger partial charge in [0, 0.05) is 18.7 Å². The molecule has 0 aliphatic rings. The van der Waals surface area contributed by atoms with Crippen molar-refractivity contribution in [2.45, 2.75) is 26.9 Å². The van der Waals surface area contributed by atoms with E-state index < -0.39 is 11.6 Å². The Labute approximate surface area is 117 Å². The van der Waals surface area contributed by atoms with Gasteiger partial charge in [0.25, 0.3) is 0 Å². The number of anilines is 1. The first-order valence-electron chi connectivity index (χ1n) is 5.82. The number of hydrogen-bond acceptors (Lipinski definition) is 2. The summed E-state index contributed by atoms with van der Waals surface area (Å²) >= 11 is 0. The van der Waals surface area contributed by atoms with Crippen LogP contribution >= 0.6 is 12.4 Å². The maximum atomic E-state index is 13.4. The molecule has 0 saturated heterocycles. The smallest absolute Gasteiger partial charge is 0.163 e. The molecule has 1 aromatic carbocycles. The Morgan fingerprint density at radius 3 is 2.68 bits per heavy atom. The molecule has 104 valence electrons. The topological polar surface area (TPSA) is 29.9 Å². The summed E-state index contributed by atoms with van der Waals surface area (Å²) in [5.41, 5.74) is 2.12. The zero-order valence-corrected chi connectivity index (χ0v) is 11.6. The summed E-state index contributed by atoms with van der Waals surface area (Å²) in [5.74, 6) is -1.62. The Morgan fingerprint density at radius 1 is 1.32 bits per heavy atom. The van der Waals surface area contributed by atoms with Crippen molar-refractivity contribution in [1.29, 1.82) is 0 Å². The Kier molecular flexibility index (Phi) is 5.30. The number of aromatic nitrogens is 2. The van der Waals surface area contributed by atoms with Gasteiger partial charge in [0.05, 0.1) is 17.6 Å². The van der Waals surface area contributed by atoms with Crippen LogP contribution in [0.4, 0.5) is 14.5 Å². The van der Waals surface area contributed by atoms with E-state index in [1.54, 1.807) is 12.3 Å². The van der Waals surface area contributed by atoms with Crippen molar-refractivity contribution in [2.75, 3.05) is 5.32 Å². The van der Waals surface area contributed by atoms with E-state index >= 15 is 0 Å². The van der Waals surface area contributed by atoms with Crippen molar-refractivity contribution in [3.63, 3.8) is 0 Å².